The van der Waals surface area contributed by atoms with Crippen LogP contribution >= 0.6 is 34.9 Å². The zero-order chi connectivity index (χ0) is 17.7. The summed E-state index contributed by atoms with van der Waals surface area (Å²) in [6.45, 7) is 3.41. The Morgan fingerprint density at radius 3 is 2.96 bits per heavy atom. The number of aromatic amines is 1. The lowest BCUT2D eigenvalue weighted by Crippen LogP contribution is -2.36. The second kappa shape index (κ2) is 11.8. The molecule has 0 aliphatic rings. The van der Waals surface area contributed by atoms with Gasteiger partial charge in [-0.25, -0.2) is 9.97 Å². The van der Waals surface area contributed by atoms with Crippen LogP contribution in [0.15, 0.2) is 22.9 Å². The molecule has 0 fully saturated rings. The molecule has 0 aliphatic carbocycles. The number of H-pyrrole nitrogens is 1. The standard InChI is InChI=1S/C15H21N7S3/c1-12-13(22-11-21-12)8-23-5-2-18-15(20-10-16)19-3-6-24-9-14-17-4-7-25-14/h4,7,11H,2-3,5-6,8-9H2,1H3,(H,21,22)(H2,18,19,20). The molecule has 0 unspecified atom stereocenters. The van der Waals surface area contributed by atoms with Crippen molar-refractivity contribution in [2.45, 2.75) is 18.4 Å². The van der Waals surface area contributed by atoms with Gasteiger partial charge in [0.1, 0.15) is 5.01 Å². The maximum atomic E-state index is 8.81. The molecule has 25 heavy (non-hydrogen) atoms. The van der Waals surface area contributed by atoms with Gasteiger partial charge in [0.2, 0.25) is 5.96 Å². The number of hydrogen-bond acceptors (Lipinski definition) is 7. The molecule has 0 radical (unpaired) electrons. The number of aromatic nitrogens is 3. The van der Waals surface area contributed by atoms with Crippen molar-refractivity contribution in [3.05, 3.63) is 34.3 Å². The Morgan fingerprint density at radius 2 is 2.24 bits per heavy atom. The van der Waals surface area contributed by atoms with E-state index in [4.69, 9.17) is 5.26 Å². The molecule has 0 saturated carbocycles. The lowest BCUT2D eigenvalue weighted by atomic mass is 10.4. The second-order valence-electron chi connectivity index (χ2n) is 4.89. The van der Waals surface area contributed by atoms with Gasteiger partial charge >= 0.3 is 0 Å². The number of imidazole rings is 1. The molecule has 10 heteroatoms. The van der Waals surface area contributed by atoms with Gasteiger partial charge in [0, 0.05) is 46.8 Å². The van der Waals surface area contributed by atoms with Crippen LogP contribution in [0.3, 0.4) is 0 Å². The molecule has 134 valence electrons. The summed E-state index contributed by atoms with van der Waals surface area (Å²) in [6, 6.07) is 0. The maximum Gasteiger partial charge on any atom is 0.204 e. The van der Waals surface area contributed by atoms with E-state index >= 15 is 0 Å². The average Bonchev–Trinajstić information content (AvgIpc) is 3.26. The van der Waals surface area contributed by atoms with Crippen LogP contribution in [-0.2, 0) is 11.5 Å². The predicted octanol–water partition coefficient (Wildman–Crippen LogP) is 2.36. The first-order valence-electron chi connectivity index (χ1n) is 7.75. The Morgan fingerprint density at radius 1 is 1.36 bits per heavy atom. The summed E-state index contributed by atoms with van der Waals surface area (Å²) in [5, 5.41) is 17.7. The minimum atomic E-state index is 0.538. The Hall–Kier alpha value is -1.70. The van der Waals surface area contributed by atoms with Crippen LogP contribution in [0.25, 0.3) is 0 Å². The predicted molar refractivity (Wildman–Crippen MR) is 107 cm³/mol. The number of aryl methyl sites for hydroxylation is 1. The van der Waals surface area contributed by atoms with Crippen LogP contribution in [0, 0.1) is 18.4 Å². The first-order valence-corrected chi connectivity index (χ1v) is 10.9. The highest BCUT2D eigenvalue weighted by Crippen LogP contribution is 2.14. The van der Waals surface area contributed by atoms with E-state index in [1.54, 1.807) is 41.2 Å². The highest BCUT2D eigenvalue weighted by atomic mass is 32.2. The number of thioether (sulfide) groups is 2. The van der Waals surface area contributed by atoms with Crippen molar-refractivity contribution in [2.75, 3.05) is 24.6 Å². The number of aliphatic imine (C=N–C) groups is 1. The molecule has 2 aromatic rings. The Kier molecular flexibility index (Phi) is 9.25. The van der Waals surface area contributed by atoms with Crippen LogP contribution < -0.4 is 10.6 Å². The van der Waals surface area contributed by atoms with E-state index in [0.29, 0.717) is 12.5 Å². The average molecular weight is 396 g/mol. The van der Waals surface area contributed by atoms with Gasteiger partial charge in [-0.1, -0.05) is 0 Å². The molecule has 0 bridgehead atoms. The third-order valence-corrected chi connectivity index (χ3v) is 6.00. The van der Waals surface area contributed by atoms with Crippen LogP contribution in [0.2, 0.25) is 0 Å². The third kappa shape index (κ3) is 7.81. The van der Waals surface area contributed by atoms with E-state index in [2.05, 4.69) is 30.6 Å². The molecule has 7 nitrogen and oxygen atoms in total. The van der Waals surface area contributed by atoms with E-state index < -0.39 is 0 Å². The molecule has 0 aromatic carbocycles. The summed E-state index contributed by atoms with van der Waals surface area (Å²) >= 11 is 5.26. The number of hydrogen-bond donors (Lipinski definition) is 3. The molecule has 0 saturated heterocycles. The first-order chi connectivity index (χ1) is 12.3. The van der Waals surface area contributed by atoms with E-state index in [0.717, 1.165) is 46.0 Å². The molecule has 0 amide bonds. The fourth-order valence-corrected chi connectivity index (χ4v) is 4.27. The van der Waals surface area contributed by atoms with Crippen LogP contribution in [0.4, 0.5) is 0 Å². The number of nitrogens with zero attached hydrogens (tertiary/aromatic N) is 4. The SMILES string of the molecule is Cc1nc[nH]c1CSCCN/C(=N/CCSCc1nccs1)NC#N. The van der Waals surface area contributed by atoms with Gasteiger partial charge in [0.25, 0.3) is 0 Å². The molecule has 2 rings (SSSR count). The second-order valence-corrected chi connectivity index (χ2v) is 8.08. The van der Waals surface area contributed by atoms with Crippen molar-refractivity contribution in [3.8, 4) is 6.19 Å². The molecule has 2 heterocycles. The van der Waals surface area contributed by atoms with Crippen LogP contribution in [-0.4, -0.2) is 45.5 Å². The summed E-state index contributed by atoms with van der Waals surface area (Å²) in [4.78, 5) is 16.0. The normalized spacial score (nSPS) is 11.3. The topological polar surface area (TPSA) is 102 Å². The quantitative estimate of drug-likeness (QED) is 0.187. The Balaban J connectivity index is 1.58. The van der Waals surface area contributed by atoms with Crippen molar-refractivity contribution in [2.24, 2.45) is 4.99 Å². The molecule has 0 spiro atoms. The fraction of sp³-hybridized carbons (Fsp3) is 0.467. The summed E-state index contributed by atoms with van der Waals surface area (Å²) in [5.41, 5.74) is 2.20. The van der Waals surface area contributed by atoms with E-state index in [9.17, 15) is 0 Å². The van der Waals surface area contributed by atoms with Crippen molar-refractivity contribution >= 4 is 40.8 Å². The minimum absolute atomic E-state index is 0.538. The number of rotatable bonds is 10. The molecular weight excluding hydrogens is 374 g/mol. The number of guanidine groups is 1. The number of thiazole rings is 1. The zero-order valence-electron chi connectivity index (χ0n) is 14.0. The fourth-order valence-electron chi connectivity index (χ4n) is 1.85. The van der Waals surface area contributed by atoms with Gasteiger partial charge in [0.05, 0.1) is 18.6 Å². The van der Waals surface area contributed by atoms with Crippen molar-refractivity contribution in [3.63, 3.8) is 0 Å². The molecule has 0 atom stereocenters. The Labute approximate surface area is 160 Å². The lowest BCUT2D eigenvalue weighted by molar-refractivity contribution is 0.916. The van der Waals surface area contributed by atoms with Crippen LogP contribution in [0.5, 0.6) is 0 Å². The van der Waals surface area contributed by atoms with Crippen LogP contribution in [0.1, 0.15) is 16.4 Å². The van der Waals surface area contributed by atoms with Gasteiger partial charge in [0.15, 0.2) is 6.19 Å². The highest BCUT2D eigenvalue weighted by Gasteiger charge is 2.01. The molecule has 2 aromatic heterocycles. The molecule has 0 aliphatic heterocycles. The van der Waals surface area contributed by atoms with E-state index in [-0.39, 0.29) is 0 Å². The van der Waals surface area contributed by atoms with Gasteiger partial charge < -0.3 is 10.3 Å². The number of nitrogens with one attached hydrogen (secondary N) is 3. The number of nitriles is 1. The van der Waals surface area contributed by atoms with Crippen molar-refractivity contribution in [1.82, 2.24) is 25.6 Å². The molecular formula is C15H21N7S3. The summed E-state index contributed by atoms with van der Waals surface area (Å²) in [6.07, 6.45) is 5.47. The summed E-state index contributed by atoms with van der Waals surface area (Å²) in [5.74, 6) is 4.16. The first kappa shape index (κ1) is 19.6. The van der Waals surface area contributed by atoms with E-state index in [1.165, 1.54) is 0 Å². The maximum absolute atomic E-state index is 8.81. The molecule has 3 N–H and O–H groups in total. The van der Waals surface area contributed by atoms with Gasteiger partial charge in [-0.3, -0.25) is 10.3 Å². The zero-order valence-corrected chi connectivity index (χ0v) is 16.4. The summed E-state index contributed by atoms with van der Waals surface area (Å²) < 4.78 is 0. The van der Waals surface area contributed by atoms with Gasteiger partial charge in [-0.2, -0.15) is 28.8 Å². The van der Waals surface area contributed by atoms with Crippen molar-refractivity contribution < 1.29 is 0 Å². The highest BCUT2D eigenvalue weighted by molar-refractivity contribution is 7.98. The summed E-state index contributed by atoms with van der Waals surface area (Å²) in [7, 11) is 0. The Bertz CT molecular complexity index is 676. The monoisotopic (exact) mass is 395 g/mol. The van der Waals surface area contributed by atoms with E-state index in [1.807, 2.05) is 24.7 Å². The minimum Gasteiger partial charge on any atom is -0.355 e. The smallest absolute Gasteiger partial charge is 0.204 e. The van der Waals surface area contributed by atoms with Crippen molar-refractivity contribution in [1.29, 1.82) is 5.26 Å². The van der Waals surface area contributed by atoms with Gasteiger partial charge in [-0.05, 0) is 6.92 Å². The third-order valence-electron chi connectivity index (χ3n) is 3.11. The van der Waals surface area contributed by atoms with Gasteiger partial charge in [-0.15, -0.1) is 11.3 Å². The lowest BCUT2D eigenvalue weighted by Gasteiger charge is -2.08. The largest absolute Gasteiger partial charge is 0.355 e.